The Hall–Kier alpha value is -0.170. The Kier molecular flexibility index (Phi) is 2.68. The van der Waals surface area contributed by atoms with Gasteiger partial charge in [0.25, 0.3) is 0 Å². The van der Waals surface area contributed by atoms with E-state index in [2.05, 4.69) is 59.4 Å². The van der Waals surface area contributed by atoms with Gasteiger partial charge in [-0.2, -0.15) is 0 Å². The van der Waals surface area contributed by atoms with E-state index in [-0.39, 0.29) is 10.8 Å². The molecule has 0 aliphatic heterocycles. The molecule has 13 heavy (non-hydrogen) atoms. The molecule has 1 aliphatic rings. The molecular weight excluding hydrogens is 176 g/mol. The third kappa shape index (κ3) is 2.63. The van der Waals surface area contributed by atoms with E-state index in [9.17, 15) is 0 Å². The van der Waals surface area contributed by atoms with Gasteiger partial charge in [-0.15, -0.1) is 12.6 Å². The van der Waals surface area contributed by atoms with Crippen LogP contribution in [-0.4, -0.2) is 0 Å². The molecule has 0 spiro atoms. The van der Waals surface area contributed by atoms with Crippen molar-refractivity contribution in [2.75, 3.05) is 0 Å². The molecule has 0 unspecified atom stereocenters. The smallest absolute Gasteiger partial charge is 0.00397 e. The Morgan fingerprint density at radius 2 is 1.85 bits per heavy atom. The van der Waals surface area contributed by atoms with Gasteiger partial charge in [0.05, 0.1) is 0 Å². The van der Waals surface area contributed by atoms with E-state index in [4.69, 9.17) is 0 Å². The maximum absolute atomic E-state index is 4.56. The second-order valence-corrected chi connectivity index (χ2v) is 6.07. The van der Waals surface area contributed by atoms with Crippen LogP contribution in [0.1, 0.15) is 41.0 Å². The molecule has 0 aromatic carbocycles. The van der Waals surface area contributed by atoms with Gasteiger partial charge in [-0.3, -0.25) is 0 Å². The number of rotatable bonds is 0. The number of thiol groups is 1. The molecular formula is C12H20S. The molecule has 1 aliphatic carbocycles. The number of hydrogen-bond acceptors (Lipinski definition) is 1. The number of hydrogen-bond donors (Lipinski definition) is 1. The zero-order chi connectivity index (χ0) is 10.3. The fraction of sp³-hybridized carbons (Fsp3) is 0.667. The predicted octanol–water partition coefficient (Wildman–Crippen LogP) is 4.20. The van der Waals surface area contributed by atoms with Gasteiger partial charge in [0.2, 0.25) is 0 Å². The molecule has 0 saturated heterocycles. The summed E-state index contributed by atoms with van der Waals surface area (Å²) in [6.07, 6.45) is 5.74. The van der Waals surface area contributed by atoms with Crippen molar-refractivity contribution >= 4 is 12.6 Å². The van der Waals surface area contributed by atoms with Crippen molar-refractivity contribution in [2.24, 2.45) is 10.8 Å². The maximum atomic E-state index is 4.56. The van der Waals surface area contributed by atoms with E-state index in [1.807, 2.05) is 0 Å². The van der Waals surface area contributed by atoms with Crippen LogP contribution in [0.2, 0.25) is 0 Å². The van der Waals surface area contributed by atoms with Gasteiger partial charge in [-0.1, -0.05) is 46.8 Å². The van der Waals surface area contributed by atoms with Gasteiger partial charge >= 0.3 is 0 Å². The first kappa shape index (κ1) is 10.9. The topological polar surface area (TPSA) is 0 Å². The molecule has 1 heteroatoms. The van der Waals surface area contributed by atoms with Crippen molar-refractivity contribution in [3.05, 3.63) is 22.6 Å². The molecule has 0 heterocycles. The van der Waals surface area contributed by atoms with E-state index in [1.165, 1.54) is 5.57 Å². The van der Waals surface area contributed by atoms with Crippen LogP contribution in [0.4, 0.5) is 0 Å². The van der Waals surface area contributed by atoms with Crippen molar-refractivity contribution in [1.82, 2.24) is 0 Å². The molecule has 0 nitrogen and oxygen atoms in total. The lowest BCUT2D eigenvalue weighted by Gasteiger charge is -2.31. The zero-order valence-corrected chi connectivity index (χ0v) is 10.2. The average Bonchev–Trinajstić information content (AvgIpc) is 1.80. The minimum absolute atomic E-state index is 0.226. The van der Waals surface area contributed by atoms with E-state index in [1.54, 1.807) is 0 Å². The standard InChI is InChI=1S/C12H20S/c1-11(2,3)9-6-7-12(4,5)8-10(9)13/h6,8,13H,7H2,1-5H3. The summed E-state index contributed by atoms with van der Waals surface area (Å²) >= 11 is 4.56. The van der Waals surface area contributed by atoms with Crippen LogP contribution in [0.5, 0.6) is 0 Å². The summed E-state index contributed by atoms with van der Waals surface area (Å²) in [5.74, 6) is 0. The Morgan fingerprint density at radius 3 is 2.23 bits per heavy atom. The molecule has 0 aromatic heterocycles. The summed E-state index contributed by atoms with van der Waals surface area (Å²) in [5, 5.41) is 0. The van der Waals surface area contributed by atoms with Crippen molar-refractivity contribution < 1.29 is 0 Å². The molecule has 0 bridgehead atoms. The fourth-order valence-corrected chi connectivity index (χ4v) is 2.44. The predicted molar refractivity (Wildman–Crippen MR) is 63.0 cm³/mol. The first-order chi connectivity index (χ1) is 5.72. The SMILES string of the molecule is CC1(C)C=C(S)C(C(C)(C)C)=CC1. The monoisotopic (exact) mass is 196 g/mol. The number of allylic oxidation sites excluding steroid dienone is 3. The van der Waals surface area contributed by atoms with Crippen LogP contribution in [-0.2, 0) is 0 Å². The van der Waals surface area contributed by atoms with Crippen LogP contribution in [0.15, 0.2) is 22.6 Å². The molecule has 0 fully saturated rings. The van der Waals surface area contributed by atoms with E-state index in [0.29, 0.717) is 0 Å². The maximum Gasteiger partial charge on any atom is 0.00397 e. The van der Waals surface area contributed by atoms with Gasteiger partial charge in [0.1, 0.15) is 0 Å². The van der Waals surface area contributed by atoms with E-state index in [0.717, 1.165) is 11.3 Å². The third-order valence-electron chi connectivity index (χ3n) is 2.44. The summed E-state index contributed by atoms with van der Waals surface area (Å²) in [5.41, 5.74) is 1.89. The lowest BCUT2D eigenvalue weighted by atomic mass is 9.77. The van der Waals surface area contributed by atoms with Gasteiger partial charge in [-0.05, 0) is 22.8 Å². The Bertz CT molecular complexity index is 261. The Balaban J connectivity index is 2.97. The zero-order valence-electron chi connectivity index (χ0n) is 9.31. The molecule has 0 N–H and O–H groups in total. The molecule has 0 aromatic rings. The minimum atomic E-state index is 0.226. The van der Waals surface area contributed by atoms with E-state index >= 15 is 0 Å². The van der Waals surface area contributed by atoms with Crippen LogP contribution in [0, 0.1) is 10.8 Å². The molecule has 0 saturated carbocycles. The highest BCUT2D eigenvalue weighted by molar-refractivity contribution is 7.84. The van der Waals surface area contributed by atoms with Crippen LogP contribution in [0.3, 0.4) is 0 Å². The molecule has 0 radical (unpaired) electrons. The van der Waals surface area contributed by atoms with Gasteiger partial charge in [0, 0.05) is 4.91 Å². The van der Waals surface area contributed by atoms with Crippen LogP contribution >= 0.6 is 12.6 Å². The van der Waals surface area contributed by atoms with Crippen molar-refractivity contribution in [3.63, 3.8) is 0 Å². The second-order valence-electron chi connectivity index (χ2n) is 5.59. The average molecular weight is 196 g/mol. The lowest BCUT2D eigenvalue weighted by Crippen LogP contribution is -2.17. The Labute approximate surface area is 87.5 Å². The third-order valence-corrected chi connectivity index (χ3v) is 2.81. The largest absolute Gasteiger partial charge is 0.143 e. The highest BCUT2D eigenvalue weighted by atomic mass is 32.1. The normalized spacial score (nSPS) is 22.3. The van der Waals surface area contributed by atoms with Crippen LogP contribution < -0.4 is 0 Å². The van der Waals surface area contributed by atoms with Crippen LogP contribution in [0.25, 0.3) is 0 Å². The van der Waals surface area contributed by atoms with Crippen molar-refractivity contribution in [1.29, 1.82) is 0 Å². The van der Waals surface area contributed by atoms with Gasteiger partial charge < -0.3 is 0 Å². The molecule has 0 amide bonds. The highest BCUT2D eigenvalue weighted by Crippen LogP contribution is 2.41. The quantitative estimate of drug-likeness (QED) is 0.551. The fourth-order valence-electron chi connectivity index (χ4n) is 1.67. The minimum Gasteiger partial charge on any atom is -0.143 e. The lowest BCUT2D eigenvalue weighted by molar-refractivity contribution is 0.453. The first-order valence-electron chi connectivity index (χ1n) is 4.85. The summed E-state index contributed by atoms with van der Waals surface area (Å²) in [6.45, 7) is 11.2. The van der Waals surface area contributed by atoms with Crippen molar-refractivity contribution in [3.8, 4) is 0 Å². The van der Waals surface area contributed by atoms with Crippen molar-refractivity contribution in [2.45, 2.75) is 41.0 Å². The first-order valence-corrected chi connectivity index (χ1v) is 5.30. The summed E-state index contributed by atoms with van der Waals surface area (Å²) < 4.78 is 0. The summed E-state index contributed by atoms with van der Waals surface area (Å²) in [7, 11) is 0. The van der Waals surface area contributed by atoms with E-state index < -0.39 is 0 Å². The molecule has 1 rings (SSSR count). The van der Waals surface area contributed by atoms with Gasteiger partial charge in [-0.25, -0.2) is 0 Å². The Morgan fingerprint density at radius 1 is 1.31 bits per heavy atom. The molecule has 74 valence electrons. The van der Waals surface area contributed by atoms with Gasteiger partial charge in [0.15, 0.2) is 0 Å². The molecule has 0 atom stereocenters. The highest BCUT2D eigenvalue weighted by Gasteiger charge is 2.26. The summed E-state index contributed by atoms with van der Waals surface area (Å²) in [4.78, 5) is 1.16. The second kappa shape index (κ2) is 3.20. The summed E-state index contributed by atoms with van der Waals surface area (Å²) in [6, 6.07) is 0.